The molecule has 94 valence electrons. The third kappa shape index (κ3) is 3.09. The van der Waals surface area contributed by atoms with E-state index in [1.807, 2.05) is 0 Å². The van der Waals surface area contributed by atoms with Gasteiger partial charge in [-0.25, -0.2) is 0 Å². The molecule has 1 heterocycles. The molecule has 0 radical (unpaired) electrons. The van der Waals surface area contributed by atoms with Crippen LogP contribution >= 0.6 is 0 Å². The van der Waals surface area contributed by atoms with Crippen LogP contribution in [0.4, 0.5) is 0 Å². The fraction of sp³-hybridized carbons (Fsp3) is 0.500. The highest BCUT2D eigenvalue weighted by Gasteiger charge is 2.22. The maximum absolute atomic E-state index is 12.1. The summed E-state index contributed by atoms with van der Waals surface area (Å²) in [5, 5.41) is 8.69. The van der Waals surface area contributed by atoms with Crippen LogP contribution in [-0.2, 0) is 4.79 Å². The number of carbonyl (C=O) groups is 2. The molecule has 0 saturated carbocycles. The molecule has 1 rings (SSSR count). The van der Waals surface area contributed by atoms with Gasteiger partial charge in [0.2, 0.25) is 0 Å². The molecule has 0 aliphatic carbocycles. The van der Waals surface area contributed by atoms with E-state index in [0.717, 1.165) is 0 Å². The van der Waals surface area contributed by atoms with E-state index in [0.29, 0.717) is 17.1 Å². The molecule has 0 aromatic carbocycles. The van der Waals surface area contributed by atoms with E-state index in [-0.39, 0.29) is 18.4 Å². The maximum atomic E-state index is 12.1. The predicted octanol–water partition coefficient (Wildman–Crippen LogP) is 1.83. The fourth-order valence-electron chi connectivity index (χ4n) is 1.62. The van der Waals surface area contributed by atoms with Gasteiger partial charge in [0.15, 0.2) is 0 Å². The minimum Gasteiger partial charge on any atom is -0.481 e. The van der Waals surface area contributed by atoms with Gasteiger partial charge >= 0.3 is 5.97 Å². The van der Waals surface area contributed by atoms with E-state index < -0.39 is 5.97 Å². The lowest BCUT2D eigenvalue weighted by Crippen LogP contribution is -2.36. The van der Waals surface area contributed by atoms with Crippen molar-refractivity contribution in [3.8, 4) is 0 Å². The molecule has 0 bridgehead atoms. The van der Waals surface area contributed by atoms with Crippen molar-refractivity contribution in [2.24, 2.45) is 0 Å². The van der Waals surface area contributed by atoms with Crippen LogP contribution in [0.2, 0.25) is 0 Å². The smallest absolute Gasteiger partial charge is 0.305 e. The number of furan rings is 1. The molecule has 0 aliphatic heterocycles. The number of hydrogen-bond donors (Lipinski definition) is 1. The topological polar surface area (TPSA) is 70.8 Å². The van der Waals surface area contributed by atoms with E-state index in [2.05, 4.69) is 0 Å². The molecule has 1 unspecified atom stereocenters. The highest BCUT2D eigenvalue weighted by molar-refractivity contribution is 5.95. The van der Waals surface area contributed by atoms with Crippen molar-refractivity contribution in [3.63, 3.8) is 0 Å². The van der Waals surface area contributed by atoms with Crippen LogP contribution in [0.3, 0.4) is 0 Å². The number of nitrogens with zero attached hydrogens (tertiary/aromatic N) is 1. The summed E-state index contributed by atoms with van der Waals surface area (Å²) >= 11 is 0. The Bertz CT molecular complexity index is 436. The normalized spacial score (nSPS) is 12.2. The van der Waals surface area contributed by atoms with Crippen molar-refractivity contribution in [2.45, 2.75) is 33.2 Å². The summed E-state index contributed by atoms with van der Waals surface area (Å²) in [5.41, 5.74) is 0.488. The monoisotopic (exact) mass is 239 g/mol. The zero-order valence-electron chi connectivity index (χ0n) is 10.5. The number of carbonyl (C=O) groups excluding carboxylic acids is 1. The van der Waals surface area contributed by atoms with Gasteiger partial charge in [-0.2, -0.15) is 0 Å². The lowest BCUT2D eigenvalue weighted by atomic mass is 10.1. The molecule has 0 fully saturated rings. The molecule has 1 atom stereocenters. The second-order valence-electron chi connectivity index (χ2n) is 4.19. The summed E-state index contributed by atoms with van der Waals surface area (Å²) in [6.07, 6.45) is -0.0713. The van der Waals surface area contributed by atoms with Crippen molar-refractivity contribution < 1.29 is 19.1 Å². The Hall–Kier alpha value is -1.78. The minimum atomic E-state index is -0.919. The molecule has 0 saturated heterocycles. The first-order valence-electron chi connectivity index (χ1n) is 5.39. The standard InChI is InChI=1S/C12H17NO4/c1-7(5-11(14)15)13(4)12(16)10-6-8(2)17-9(10)3/h6-7H,5H2,1-4H3,(H,14,15). The molecule has 1 N–H and O–H groups in total. The van der Waals surface area contributed by atoms with Crippen molar-refractivity contribution in [2.75, 3.05) is 7.05 Å². The molecular weight excluding hydrogens is 222 g/mol. The lowest BCUT2D eigenvalue weighted by molar-refractivity contribution is -0.137. The first-order valence-corrected chi connectivity index (χ1v) is 5.39. The van der Waals surface area contributed by atoms with Gasteiger partial charge < -0.3 is 14.4 Å². The van der Waals surface area contributed by atoms with Crippen LogP contribution in [-0.4, -0.2) is 35.0 Å². The quantitative estimate of drug-likeness (QED) is 0.870. The van der Waals surface area contributed by atoms with Gasteiger partial charge in [0.25, 0.3) is 5.91 Å². The van der Waals surface area contributed by atoms with E-state index in [1.165, 1.54) is 4.90 Å². The van der Waals surface area contributed by atoms with E-state index in [9.17, 15) is 9.59 Å². The molecule has 1 aromatic rings. The Morgan fingerprint density at radius 1 is 1.47 bits per heavy atom. The Morgan fingerprint density at radius 2 is 2.06 bits per heavy atom. The molecule has 1 amide bonds. The van der Waals surface area contributed by atoms with Crippen LogP contribution in [0.1, 0.15) is 35.2 Å². The summed E-state index contributed by atoms with van der Waals surface area (Å²) < 4.78 is 5.28. The highest BCUT2D eigenvalue weighted by Crippen LogP contribution is 2.17. The first-order chi connectivity index (χ1) is 7.82. The molecular formula is C12H17NO4. The van der Waals surface area contributed by atoms with Gasteiger partial charge in [-0.1, -0.05) is 0 Å². The van der Waals surface area contributed by atoms with Crippen LogP contribution in [0.15, 0.2) is 10.5 Å². The summed E-state index contributed by atoms with van der Waals surface area (Å²) in [5.74, 6) is 0.0948. The van der Waals surface area contributed by atoms with Crippen molar-refractivity contribution in [3.05, 3.63) is 23.2 Å². The number of aryl methyl sites for hydroxylation is 2. The third-order valence-corrected chi connectivity index (χ3v) is 2.72. The second kappa shape index (κ2) is 5.03. The van der Waals surface area contributed by atoms with Gasteiger partial charge in [0.05, 0.1) is 12.0 Å². The summed E-state index contributed by atoms with van der Waals surface area (Å²) in [7, 11) is 1.59. The number of carboxylic acids is 1. The average molecular weight is 239 g/mol. The summed E-state index contributed by atoms with van der Waals surface area (Å²) in [4.78, 5) is 24.1. The largest absolute Gasteiger partial charge is 0.481 e. The Morgan fingerprint density at radius 3 is 2.47 bits per heavy atom. The van der Waals surface area contributed by atoms with Crippen molar-refractivity contribution in [1.29, 1.82) is 0 Å². The minimum absolute atomic E-state index is 0.0713. The van der Waals surface area contributed by atoms with E-state index >= 15 is 0 Å². The predicted molar refractivity (Wildman–Crippen MR) is 62.0 cm³/mol. The maximum Gasteiger partial charge on any atom is 0.305 e. The molecule has 17 heavy (non-hydrogen) atoms. The van der Waals surface area contributed by atoms with Crippen LogP contribution in [0, 0.1) is 13.8 Å². The number of carboxylic acid groups (broad SMARTS) is 1. The van der Waals surface area contributed by atoms with Crippen molar-refractivity contribution in [1.82, 2.24) is 4.90 Å². The van der Waals surface area contributed by atoms with Crippen molar-refractivity contribution >= 4 is 11.9 Å². The molecule has 0 spiro atoms. The second-order valence-corrected chi connectivity index (χ2v) is 4.19. The summed E-state index contributed by atoms with van der Waals surface area (Å²) in [6.45, 7) is 5.19. The number of hydrogen-bond acceptors (Lipinski definition) is 3. The summed E-state index contributed by atoms with van der Waals surface area (Å²) in [6, 6.07) is 1.32. The Labute approximate surface area is 100 Å². The van der Waals surface area contributed by atoms with Crippen LogP contribution in [0.5, 0.6) is 0 Å². The van der Waals surface area contributed by atoms with Gasteiger partial charge in [-0.3, -0.25) is 9.59 Å². The molecule has 5 heteroatoms. The zero-order chi connectivity index (χ0) is 13.2. The molecule has 0 aliphatic rings. The average Bonchev–Trinajstić information content (AvgIpc) is 2.54. The highest BCUT2D eigenvalue weighted by atomic mass is 16.4. The number of aliphatic carboxylic acids is 1. The SMILES string of the molecule is Cc1cc(C(=O)N(C)C(C)CC(=O)O)c(C)o1. The van der Waals surface area contributed by atoms with Gasteiger partial charge in [-0.15, -0.1) is 0 Å². The molecule has 1 aromatic heterocycles. The van der Waals surface area contributed by atoms with Crippen LogP contribution in [0.25, 0.3) is 0 Å². The number of amides is 1. The van der Waals surface area contributed by atoms with Gasteiger partial charge in [-0.05, 0) is 26.8 Å². The Balaban J connectivity index is 2.83. The first kappa shape index (κ1) is 13.3. The van der Waals surface area contributed by atoms with Gasteiger partial charge in [0.1, 0.15) is 11.5 Å². The zero-order valence-corrected chi connectivity index (χ0v) is 10.5. The van der Waals surface area contributed by atoms with E-state index in [4.69, 9.17) is 9.52 Å². The number of rotatable bonds is 4. The Kier molecular flexibility index (Phi) is 3.93. The molecule has 5 nitrogen and oxygen atoms in total. The van der Waals surface area contributed by atoms with E-state index in [1.54, 1.807) is 33.9 Å². The van der Waals surface area contributed by atoms with Crippen LogP contribution < -0.4 is 0 Å². The fourth-order valence-corrected chi connectivity index (χ4v) is 1.62. The lowest BCUT2D eigenvalue weighted by Gasteiger charge is -2.23. The third-order valence-electron chi connectivity index (χ3n) is 2.72. The van der Waals surface area contributed by atoms with Gasteiger partial charge in [0, 0.05) is 13.1 Å².